The lowest BCUT2D eigenvalue weighted by molar-refractivity contribution is -0.137. The summed E-state index contributed by atoms with van der Waals surface area (Å²) in [4.78, 5) is 23.4. The van der Waals surface area contributed by atoms with Crippen LogP contribution < -0.4 is 15.6 Å². The Morgan fingerprint density at radius 3 is 2.46 bits per heavy atom. The highest BCUT2D eigenvalue weighted by Gasteiger charge is 2.30. The van der Waals surface area contributed by atoms with Crippen molar-refractivity contribution in [3.63, 3.8) is 0 Å². The molecule has 0 heterocycles. The molecule has 0 aromatic heterocycles. The third kappa shape index (κ3) is 6.93. The molecule has 1 aliphatic carbocycles. The van der Waals surface area contributed by atoms with Crippen LogP contribution >= 0.6 is 0 Å². The lowest BCUT2D eigenvalue weighted by atomic mass is 9.86. The highest BCUT2D eigenvalue weighted by Crippen LogP contribution is 2.31. The second-order valence-electron chi connectivity index (χ2n) is 6.45. The molecule has 0 bridgehead atoms. The predicted molar refractivity (Wildman–Crippen MR) is 89.0 cm³/mol. The Labute approximate surface area is 150 Å². The van der Waals surface area contributed by atoms with Crippen molar-refractivity contribution >= 4 is 11.8 Å². The molecule has 1 fully saturated rings. The van der Waals surface area contributed by atoms with E-state index in [4.69, 9.17) is 4.74 Å². The van der Waals surface area contributed by atoms with Gasteiger partial charge in [-0.15, -0.1) is 0 Å². The van der Waals surface area contributed by atoms with Crippen LogP contribution in [0, 0.1) is 5.92 Å². The number of hydrogen-bond acceptors (Lipinski definition) is 3. The number of rotatable bonds is 6. The van der Waals surface area contributed by atoms with Crippen molar-refractivity contribution in [2.24, 2.45) is 5.92 Å². The van der Waals surface area contributed by atoms with Gasteiger partial charge in [0.05, 0.1) is 5.56 Å². The van der Waals surface area contributed by atoms with Crippen LogP contribution in [0.4, 0.5) is 13.2 Å². The molecule has 8 heteroatoms. The maximum atomic E-state index is 12.6. The van der Waals surface area contributed by atoms with Gasteiger partial charge in [0.1, 0.15) is 5.75 Å². The minimum Gasteiger partial charge on any atom is -0.484 e. The van der Waals surface area contributed by atoms with Gasteiger partial charge in [0, 0.05) is 6.42 Å². The van der Waals surface area contributed by atoms with Gasteiger partial charge in [-0.1, -0.05) is 38.2 Å². The van der Waals surface area contributed by atoms with E-state index in [0.717, 1.165) is 31.4 Å². The molecule has 0 saturated heterocycles. The Kier molecular flexibility index (Phi) is 7.29. The molecular weight excluding hydrogens is 349 g/mol. The normalized spacial score (nSPS) is 15.3. The number of ether oxygens (including phenoxy) is 1. The van der Waals surface area contributed by atoms with Crippen molar-refractivity contribution in [2.75, 3.05) is 6.61 Å². The van der Waals surface area contributed by atoms with E-state index in [1.54, 1.807) is 0 Å². The van der Waals surface area contributed by atoms with Gasteiger partial charge in [-0.2, -0.15) is 13.2 Å². The lowest BCUT2D eigenvalue weighted by Crippen LogP contribution is -2.43. The van der Waals surface area contributed by atoms with Crippen LogP contribution in [-0.4, -0.2) is 18.4 Å². The molecule has 1 aromatic rings. The van der Waals surface area contributed by atoms with Crippen LogP contribution in [-0.2, 0) is 15.8 Å². The zero-order chi connectivity index (χ0) is 19.0. The van der Waals surface area contributed by atoms with Crippen molar-refractivity contribution in [1.82, 2.24) is 10.9 Å². The van der Waals surface area contributed by atoms with Crippen LogP contribution in [0.5, 0.6) is 5.75 Å². The first kappa shape index (κ1) is 20.1. The monoisotopic (exact) mass is 372 g/mol. The van der Waals surface area contributed by atoms with Gasteiger partial charge in [-0.3, -0.25) is 20.4 Å². The van der Waals surface area contributed by atoms with Crippen molar-refractivity contribution in [1.29, 1.82) is 0 Å². The maximum Gasteiger partial charge on any atom is 0.416 e. The van der Waals surface area contributed by atoms with Gasteiger partial charge in [-0.25, -0.2) is 0 Å². The number of carbonyl (C=O) groups is 2. The quantitative estimate of drug-likeness (QED) is 0.750. The maximum absolute atomic E-state index is 12.6. The summed E-state index contributed by atoms with van der Waals surface area (Å²) in [6.07, 6.45) is 2.60. The Balaban J connectivity index is 1.66. The van der Waals surface area contributed by atoms with Crippen LogP contribution in [0.1, 0.15) is 50.5 Å². The van der Waals surface area contributed by atoms with E-state index in [0.29, 0.717) is 12.3 Å². The average Bonchev–Trinajstić information content (AvgIpc) is 2.63. The van der Waals surface area contributed by atoms with Gasteiger partial charge in [-0.05, 0) is 30.5 Å². The molecule has 2 rings (SSSR count). The number of benzene rings is 1. The number of nitrogens with one attached hydrogen (secondary N) is 2. The summed E-state index contributed by atoms with van der Waals surface area (Å²) >= 11 is 0. The van der Waals surface area contributed by atoms with Crippen LogP contribution in [0.3, 0.4) is 0 Å². The Bertz CT molecular complexity index is 614. The van der Waals surface area contributed by atoms with E-state index in [9.17, 15) is 22.8 Å². The third-order valence-electron chi connectivity index (χ3n) is 4.38. The molecule has 2 N–H and O–H groups in total. The van der Waals surface area contributed by atoms with E-state index in [1.807, 2.05) is 0 Å². The number of alkyl halides is 3. The zero-order valence-electron chi connectivity index (χ0n) is 14.4. The van der Waals surface area contributed by atoms with E-state index < -0.39 is 24.3 Å². The number of carbonyl (C=O) groups excluding carboxylic acids is 2. The standard InChI is InChI=1S/C18H23F3N2O3/c19-18(20,21)14-7-4-8-15(11-14)26-12-17(25)23-22-16(24)10-9-13-5-2-1-3-6-13/h4,7-8,11,13H,1-3,5-6,9-10,12H2,(H,22,24)(H,23,25). The summed E-state index contributed by atoms with van der Waals surface area (Å²) in [6, 6.07) is 4.25. The van der Waals surface area contributed by atoms with Gasteiger partial charge in [0.2, 0.25) is 5.91 Å². The van der Waals surface area contributed by atoms with Gasteiger partial charge in [0.15, 0.2) is 6.61 Å². The fraction of sp³-hybridized carbons (Fsp3) is 0.556. The summed E-state index contributed by atoms with van der Waals surface area (Å²) < 4.78 is 42.8. The molecule has 0 radical (unpaired) electrons. The highest BCUT2D eigenvalue weighted by molar-refractivity contribution is 5.82. The fourth-order valence-electron chi connectivity index (χ4n) is 2.96. The third-order valence-corrected chi connectivity index (χ3v) is 4.38. The molecule has 1 saturated carbocycles. The molecule has 0 aliphatic heterocycles. The molecule has 5 nitrogen and oxygen atoms in total. The number of hydrogen-bond donors (Lipinski definition) is 2. The second kappa shape index (κ2) is 9.45. The molecule has 0 atom stereocenters. The van der Waals surface area contributed by atoms with E-state index >= 15 is 0 Å². The minimum absolute atomic E-state index is 0.0707. The number of hydrazine groups is 1. The fourth-order valence-corrected chi connectivity index (χ4v) is 2.96. The van der Waals surface area contributed by atoms with Gasteiger partial charge >= 0.3 is 6.18 Å². The topological polar surface area (TPSA) is 67.4 Å². The first-order chi connectivity index (χ1) is 12.3. The highest BCUT2D eigenvalue weighted by atomic mass is 19.4. The molecule has 0 spiro atoms. The molecule has 144 valence electrons. The Hall–Kier alpha value is -2.25. The summed E-state index contributed by atoms with van der Waals surface area (Å²) in [5.74, 6) is -0.440. The first-order valence-electron chi connectivity index (χ1n) is 8.72. The van der Waals surface area contributed by atoms with Crippen LogP contribution in [0.2, 0.25) is 0 Å². The van der Waals surface area contributed by atoms with Crippen molar-refractivity contribution in [2.45, 2.75) is 51.1 Å². The summed E-state index contributed by atoms with van der Waals surface area (Å²) in [5, 5.41) is 0. The van der Waals surface area contributed by atoms with Crippen LogP contribution in [0.25, 0.3) is 0 Å². The molecule has 0 unspecified atom stereocenters. The first-order valence-corrected chi connectivity index (χ1v) is 8.72. The van der Waals surface area contributed by atoms with Crippen molar-refractivity contribution < 1.29 is 27.5 Å². The lowest BCUT2D eigenvalue weighted by Gasteiger charge is -2.21. The number of amides is 2. The van der Waals surface area contributed by atoms with Gasteiger partial charge < -0.3 is 4.74 Å². The summed E-state index contributed by atoms with van der Waals surface area (Å²) in [5.41, 5.74) is 3.64. The molecule has 1 aliphatic rings. The molecule has 1 aromatic carbocycles. The Morgan fingerprint density at radius 1 is 1.08 bits per heavy atom. The van der Waals surface area contributed by atoms with Crippen LogP contribution in [0.15, 0.2) is 24.3 Å². The molecule has 26 heavy (non-hydrogen) atoms. The largest absolute Gasteiger partial charge is 0.484 e. The SMILES string of the molecule is O=C(CCC1CCCCC1)NNC(=O)COc1cccc(C(F)(F)F)c1. The molecular formula is C18H23F3N2O3. The van der Waals surface area contributed by atoms with E-state index in [-0.39, 0.29) is 11.7 Å². The summed E-state index contributed by atoms with van der Waals surface area (Å²) in [6.45, 7) is -0.496. The average molecular weight is 372 g/mol. The van der Waals surface area contributed by atoms with E-state index in [2.05, 4.69) is 10.9 Å². The summed E-state index contributed by atoms with van der Waals surface area (Å²) in [7, 11) is 0. The zero-order valence-corrected chi connectivity index (χ0v) is 14.4. The van der Waals surface area contributed by atoms with Gasteiger partial charge in [0.25, 0.3) is 5.91 Å². The Morgan fingerprint density at radius 2 is 1.77 bits per heavy atom. The van der Waals surface area contributed by atoms with Crippen molar-refractivity contribution in [3.8, 4) is 5.75 Å². The smallest absolute Gasteiger partial charge is 0.416 e. The predicted octanol–water partition coefficient (Wildman–Crippen LogP) is 3.59. The number of halogens is 3. The molecule has 2 amide bonds. The minimum atomic E-state index is -4.48. The van der Waals surface area contributed by atoms with E-state index in [1.165, 1.54) is 31.4 Å². The van der Waals surface area contributed by atoms with Crippen molar-refractivity contribution in [3.05, 3.63) is 29.8 Å². The second-order valence-corrected chi connectivity index (χ2v) is 6.45.